The van der Waals surface area contributed by atoms with Crippen LogP contribution in [-0.2, 0) is 6.42 Å². The van der Waals surface area contributed by atoms with Crippen molar-refractivity contribution in [1.29, 1.82) is 0 Å². The molecule has 2 aliphatic rings. The molecule has 0 unspecified atom stereocenters. The Bertz CT molecular complexity index is 800. The summed E-state index contributed by atoms with van der Waals surface area (Å²) in [5.74, 6) is -1.73. The SMILES string of the molecule is [2H]C1([2H])N2CCc3cc(OC)c(OC)cc3[C@@H]2C([2H])([2H])[C@@]([2H])(O)[C@@]1([2H])CC(C)C. The second-order valence-corrected chi connectivity index (χ2v) is 6.43. The minimum Gasteiger partial charge on any atom is -0.493 e. The summed E-state index contributed by atoms with van der Waals surface area (Å²) in [5, 5.41) is 11.1. The summed E-state index contributed by atoms with van der Waals surface area (Å²) in [4.78, 5) is 1.31. The standard InChI is InChI=1S/C19H29NO3/c1-12(2)7-14-11-20-6-5-13-8-18(22-3)19(23-4)9-15(13)16(20)10-17(14)21/h8-9,12,14,16-17,21H,5-7,10-11H2,1-4H3/t14-,16-,17+/m0/s1/i10D2,11D2,14D,17D. The highest BCUT2D eigenvalue weighted by Crippen LogP contribution is 2.43. The van der Waals surface area contributed by atoms with Gasteiger partial charge in [0.1, 0.15) is 0 Å². The first-order chi connectivity index (χ1) is 13.3. The van der Waals surface area contributed by atoms with Crippen LogP contribution < -0.4 is 9.47 Å². The maximum atomic E-state index is 11.1. The Morgan fingerprint density at radius 3 is 2.70 bits per heavy atom. The van der Waals surface area contributed by atoms with Gasteiger partial charge in [0.2, 0.25) is 0 Å². The summed E-state index contributed by atoms with van der Waals surface area (Å²) in [7, 11) is 2.96. The van der Waals surface area contributed by atoms with E-state index in [1.54, 1.807) is 26.0 Å². The normalized spacial score (nSPS) is 42.1. The van der Waals surface area contributed by atoms with Crippen LogP contribution in [0.5, 0.6) is 11.5 Å². The molecular weight excluding hydrogens is 290 g/mol. The lowest BCUT2D eigenvalue weighted by molar-refractivity contribution is -0.0191. The van der Waals surface area contributed by atoms with Gasteiger partial charge in [0.25, 0.3) is 0 Å². The van der Waals surface area contributed by atoms with Crippen LogP contribution in [0.25, 0.3) is 0 Å². The molecule has 1 fully saturated rings. The van der Waals surface area contributed by atoms with E-state index in [9.17, 15) is 5.11 Å². The lowest BCUT2D eigenvalue weighted by Crippen LogP contribution is -2.48. The van der Waals surface area contributed by atoms with Crippen molar-refractivity contribution in [3.8, 4) is 11.5 Å². The maximum Gasteiger partial charge on any atom is 0.161 e. The van der Waals surface area contributed by atoms with E-state index in [1.165, 1.54) is 19.1 Å². The molecular formula is C19H29NO3. The van der Waals surface area contributed by atoms with Crippen LogP contribution in [0.15, 0.2) is 12.1 Å². The van der Waals surface area contributed by atoms with Gasteiger partial charge in [-0.25, -0.2) is 0 Å². The number of nitrogens with zero attached hydrogens (tertiary/aromatic N) is 1. The van der Waals surface area contributed by atoms with Crippen molar-refractivity contribution in [3.05, 3.63) is 23.3 Å². The Kier molecular flexibility index (Phi) is 3.08. The van der Waals surface area contributed by atoms with Crippen LogP contribution in [0.4, 0.5) is 0 Å². The number of hydrogen-bond donors (Lipinski definition) is 1. The molecule has 0 radical (unpaired) electrons. The van der Waals surface area contributed by atoms with Crippen LogP contribution in [0, 0.1) is 11.8 Å². The Balaban J connectivity index is 2.25. The van der Waals surface area contributed by atoms with Gasteiger partial charge in [0.05, 0.1) is 21.7 Å². The zero-order valence-corrected chi connectivity index (χ0v) is 14.1. The van der Waals surface area contributed by atoms with Gasteiger partial charge in [-0.2, -0.15) is 0 Å². The molecule has 0 aromatic heterocycles. The van der Waals surface area contributed by atoms with E-state index in [2.05, 4.69) is 0 Å². The van der Waals surface area contributed by atoms with Crippen molar-refractivity contribution in [1.82, 2.24) is 4.90 Å². The smallest absolute Gasteiger partial charge is 0.161 e. The average Bonchev–Trinajstić information content (AvgIpc) is 2.63. The van der Waals surface area contributed by atoms with Crippen LogP contribution in [0.1, 0.15) is 52.0 Å². The summed E-state index contributed by atoms with van der Waals surface area (Å²) in [5.41, 5.74) is 1.20. The molecule has 0 bridgehead atoms. The molecule has 0 amide bonds. The van der Waals surface area contributed by atoms with Crippen molar-refractivity contribution in [2.24, 2.45) is 11.8 Å². The first-order valence-corrected chi connectivity index (χ1v) is 8.00. The van der Waals surface area contributed by atoms with E-state index in [4.69, 9.17) is 17.7 Å². The average molecular weight is 325 g/mol. The highest BCUT2D eigenvalue weighted by molar-refractivity contribution is 5.49. The molecule has 1 aromatic carbocycles. The molecule has 0 aliphatic carbocycles. The topological polar surface area (TPSA) is 41.9 Å². The van der Waals surface area contributed by atoms with Gasteiger partial charge in [-0.15, -0.1) is 0 Å². The summed E-state index contributed by atoms with van der Waals surface area (Å²) in [6.45, 7) is 1.28. The van der Waals surface area contributed by atoms with E-state index in [-0.39, 0.29) is 18.9 Å². The molecule has 2 heterocycles. The molecule has 1 N–H and O–H groups in total. The predicted molar refractivity (Wildman–Crippen MR) is 91.1 cm³/mol. The molecule has 1 aromatic rings. The molecule has 3 atom stereocenters. The van der Waals surface area contributed by atoms with Crippen molar-refractivity contribution in [2.45, 2.75) is 45.2 Å². The van der Waals surface area contributed by atoms with Gasteiger partial charge in [-0.3, -0.25) is 4.90 Å². The summed E-state index contributed by atoms with van der Waals surface area (Å²) >= 11 is 0. The lowest BCUT2D eigenvalue weighted by Gasteiger charge is -2.46. The lowest BCUT2D eigenvalue weighted by atomic mass is 9.79. The van der Waals surface area contributed by atoms with Crippen LogP contribution >= 0.6 is 0 Å². The number of piperidine rings is 1. The molecule has 2 aliphatic heterocycles. The van der Waals surface area contributed by atoms with Gasteiger partial charge in [-0.1, -0.05) is 13.8 Å². The minimum atomic E-state index is -2.98. The Morgan fingerprint density at radius 2 is 2.04 bits per heavy atom. The molecule has 0 saturated carbocycles. The Morgan fingerprint density at radius 1 is 1.35 bits per heavy atom. The van der Waals surface area contributed by atoms with Crippen LogP contribution in [-0.4, -0.2) is 43.3 Å². The number of fused-ring (bicyclic) bond motifs is 3. The summed E-state index contributed by atoms with van der Waals surface area (Å²) in [6, 6.07) is 2.08. The molecule has 3 rings (SSSR count). The van der Waals surface area contributed by atoms with E-state index < -0.39 is 30.9 Å². The highest BCUT2D eigenvalue weighted by Gasteiger charge is 2.38. The van der Waals surface area contributed by atoms with E-state index in [1.807, 2.05) is 0 Å². The molecule has 128 valence electrons. The van der Waals surface area contributed by atoms with Gasteiger partial charge in [-0.05, 0) is 54.3 Å². The third kappa shape index (κ3) is 3.20. The molecule has 1 saturated heterocycles. The highest BCUT2D eigenvalue weighted by atomic mass is 16.5. The van der Waals surface area contributed by atoms with Gasteiger partial charge < -0.3 is 14.6 Å². The van der Waals surface area contributed by atoms with E-state index >= 15 is 0 Å². The van der Waals surface area contributed by atoms with Crippen LogP contribution in [0.3, 0.4) is 0 Å². The van der Waals surface area contributed by atoms with Crippen molar-refractivity contribution < 1.29 is 22.8 Å². The fraction of sp³-hybridized carbons (Fsp3) is 0.684. The zero-order valence-electron chi connectivity index (χ0n) is 20.1. The second-order valence-electron chi connectivity index (χ2n) is 6.43. The first-order valence-electron chi connectivity index (χ1n) is 11.0. The number of hydrogen-bond acceptors (Lipinski definition) is 4. The van der Waals surface area contributed by atoms with Gasteiger partial charge in [0, 0.05) is 25.9 Å². The number of rotatable bonds is 4. The predicted octanol–water partition coefficient (Wildman–Crippen LogP) is 3.03. The fourth-order valence-corrected chi connectivity index (χ4v) is 3.22. The summed E-state index contributed by atoms with van der Waals surface area (Å²) < 4.78 is 63.0. The van der Waals surface area contributed by atoms with E-state index in [0.717, 1.165) is 5.56 Å². The molecule has 23 heavy (non-hydrogen) atoms. The number of methoxy groups -OCH3 is 2. The molecule has 4 nitrogen and oxygen atoms in total. The molecule has 4 heteroatoms. The van der Waals surface area contributed by atoms with E-state index in [0.29, 0.717) is 23.5 Å². The Labute approximate surface area is 147 Å². The number of ether oxygens (including phenoxy) is 2. The first kappa shape index (κ1) is 10.6. The maximum absolute atomic E-state index is 11.1. The van der Waals surface area contributed by atoms with Crippen LogP contribution in [0.2, 0.25) is 0 Å². The second kappa shape index (κ2) is 6.70. The monoisotopic (exact) mass is 325 g/mol. The summed E-state index contributed by atoms with van der Waals surface area (Å²) in [6.07, 6.45) is -5.31. The van der Waals surface area contributed by atoms with Crippen molar-refractivity contribution in [2.75, 3.05) is 27.3 Å². The zero-order chi connectivity index (χ0) is 22.0. The van der Waals surface area contributed by atoms with Crippen molar-refractivity contribution in [3.63, 3.8) is 0 Å². The molecule has 0 spiro atoms. The number of aliphatic hydroxyl groups is 1. The largest absolute Gasteiger partial charge is 0.493 e. The third-order valence-electron chi connectivity index (χ3n) is 4.32. The quantitative estimate of drug-likeness (QED) is 0.924. The third-order valence-corrected chi connectivity index (χ3v) is 4.32. The fourth-order valence-electron chi connectivity index (χ4n) is 3.22. The number of benzene rings is 1. The Hall–Kier alpha value is -1.26. The van der Waals surface area contributed by atoms with Crippen molar-refractivity contribution >= 4 is 0 Å². The van der Waals surface area contributed by atoms with Gasteiger partial charge in [0.15, 0.2) is 11.5 Å². The van der Waals surface area contributed by atoms with Gasteiger partial charge >= 0.3 is 0 Å². The minimum absolute atomic E-state index is 0.151.